The molecule has 0 heterocycles. The highest BCUT2D eigenvalue weighted by atomic mass is 16.3. The summed E-state index contributed by atoms with van der Waals surface area (Å²) in [7, 11) is 0. The molecule has 4 aromatic carbocycles. The van der Waals surface area contributed by atoms with Crippen molar-refractivity contribution in [2.45, 2.75) is 47.1 Å². The topological polar surface area (TPSA) is 117 Å². The largest absolute Gasteiger partial charge is 0.507 e. The summed E-state index contributed by atoms with van der Waals surface area (Å²) in [5.74, 6) is 2.48. The minimum absolute atomic E-state index is 0.0631. The molecule has 5 N–H and O–H groups in total. The number of rotatable bonds is 7. The zero-order chi connectivity index (χ0) is 30.5. The molecule has 4 aromatic rings. The monoisotopic (exact) mass is 552 g/mol. The highest BCUT2D eigenvalue weighted by Crippen LogP contribution is 2.40. The lowest BCUT2D eigenvalue weighted by molar-refractivity contribution is 0.275. The van der Waals surface area contributed by atoms with Gasteiger partial charge in [0.05, 0.1) is 12.6 Å². The predicted octanol–water partition coefficient (Wildman–Crippen LogP) is 7.03. The van der Waals surface area contributed by atoms with Gasteiger partial charge in [0.25, 0.3) is 0 Å². The summed E-state index contributed by atoms with van der Waals surface area (Å²) in [6.07, 6.45) is 8.24. The van der Waals surface area contributed by atoms with Gasteiger partial charge >= 0.3 is 0 Å². The number of aliphatic imine (C=N–C) groups is 1. The summed E-state index contributed by atoms with van der Waals surface area (Å²) in [6.45, 7) is 9.56. The molecule has 0 aliphatic rings. The van der Waals surface area contributed by atoms with Crippen molar-refractivity contribution < 1.29 is 20.4 Å². The minimum atomic E-state index is -0.256. The highest BCUT2D eigenvalue weighted by Gasteiger charge is 2.16. The maximum absolute atomic E-state index is 10.5. The number of nitrogens with one attached hydrogen (secondary N) is 1. The van der Waals surface area contributed by atoms with Crippen LogP contribution >= 0.6 is 0 Å². The molecule has 0 amide bonds. The Balaban J connectivity index is 0.000000759. The van der Waals surface area contributed by atoms with E-state index in [9.17, 15) is 15.3 Å². The zero-order valence-corrected chi connectivity index (χ0v) is 24.4. The molecule has 4 rings (SSSR count). The predicted molar refractivity (Wildman–Crippen MR) is 172 cm³/mol. The normalized spacial score (nSPS) is 11.2. The number of nitrogens with zero attached hydrogens (tertiary/aromatic N) is 1. The molecule has 0 saturated carbocycles. The lowest BCUT2D eigenvalue weighted by atomic mass is 9.87. The third-order valence-corrected chi connectivity index (χ3v) is 6.34. The zero-order valence-electron chi connectivity index (χ0n) is 24.4. The number of terminal acetylenes is 1. The van der Waals surface area contributed by atoms with Crippen LogP contribution in [0.15, 0.2) is 65.7 Å². The standard InChI is InChI=1S/C29H28N2O3.C3H8O.C3H4/c1-17-10-27(33)21(14-30)12-25(17)23-8-4-6-20-7-5-9-24(29(20)23)26-13-22(15-31-19(3)16-32)28(34)11-18(26)2;1-2-3-4;1-3-2/h4-15,19,30,32-34H,16H2,1-3H3;4H,2-3H2,1H3;1H,2H3. The Kier molecular flexibility index (Phi) is 12.8. The van der Waals surface area contributed by atoms with Crippen molar-refractivity contribution in [3.63, 3.8) is 0 Å². The second kappa shape index (κ2) is 16.0. The number of phenols is 2. The number of aliphatic hydroxyl groups is 2. The molecule has 0 saturated heterocycles. The van der Waals surface area contributed by atoms with Crippen LogP contribution in [0.1, 0.15) is 49.4 Å². The molecule has 0 aliphatic carbocycles. The molecular weight excluding hydrogens is 512 g/mol. The average Bonchev–Trinajstić information content (AvgIpc) is 2.96. The average molecular weight is 553 g/mol. The third kappa shape index (κ3) is 8.28. The number of phenolic OH excluding ortho intramolecular Hbond substituents is 2. The van der Waals surface area contributed by atoms with E-state index in [0.29, 0.717) is 17.7 Å². The van der Waals surface area contributed by atoms with Crippen molar-refractivity contribution >= 4 is 23.2 Å². The van der Waals surface area contributed by atoms with Crippen LogP contribution in [0.2, 0.25) is 0 Å². The lowest BCUT2D eigenvalue weighted by Crippen LogP contribution is -2.04. The molecule has 0 spiro atoms. The Labute approximate surface area is 243 Å². The number of benzene rings is 4. The van der Waals surface area contributed by atoms with Gasteiger partial charge < -0.3 is 25.8 Å². The first kappa shape index (κ1) is 32.8. The van der Waals surface area contributed by atoms with Crippen molar-refractivity contribution in [2.75, 3.05) is 13.2 Å². The van der Waals surface area contributed by atoms with Gasteiger partial charge in [-0.15, -0.1) is 12.3 Å². The number of aliphatic hydroxyl groups excluding tert-OH is 2. The minimum Gasteiger partial charge on any atom is -0.507 e. The van der Waals surface area contributed by atoms with Crippen LogP contribution in [0.3, 0.4) is 0 Å². The van der Waals surface area contributed by atoms with E-state index in [1.54, 1.807) is 25.3 Å². The molecule has 0 fully saturated rings. The number of hydrogen-bond acceptors (Lipinski definition) is 6. The Bertz CT molecular complexity index is 1540. The fraction of sp³-hybridized carbons (Fsp3) is 0.257. The van der Waals surface area contributed by atoms with Crippen molar-refractivity contribution in [1.82, 2.24) is 0 Å². The van der Waals surface area contributed by atoms with Crippen LogP contribution in [0, 0.1) is 31.6 Å². The van der Waals surface area contributed by atoms with E-state index in [-0.39, 0.29) is 24.1 Å². The van der Waals surface area contributed by atoms with Crippen molar-refractivity contribution in [1.29, 1.82) is 5.41 Å². The smallest absolute Gasteiger partial charge is 0.124 e. The van der Waals surface area contributed by atoms with Crippen LogP contribution in [-0.2, 0) is 0 Å². The third-order valence-electron chi connectivity index (χ3n) is 6.34. The molecule has 41 heavy (non-hydrogen) atoms. The fourth-order valence-corrected chi connectivity index (χ4v) is 4.26. The Morgan fingerprint density at radius 3 is 1.78 bits per heavy atom. The quantitative estimate of drug-likeness (QED) is 0.125. The van der Waals surface area contributed by atoms with Gasteiger partial charge in [-0.05, 0) is 103 Å². The number of aryl methyl sites for hydroxylation is 2. The van der Waals surface area contributed by atoms with E-state index in [0.717, 1.165) is 56.8 Å². The van der Waals surface area contributed by atoms with E-state index in [2.05, 4.69) is 41.6 Å². The SMILES string of the molecule is C#CC.CCCO.Cc1cc(O)c(C=N)cc1-c1cccc2cccc(-c3cc(C=NC(C)CO)c(O)cc3C)c12. The molecular formula is C35H40N2O4. The maximum Gasteiger partial charge on any atom is 0.124 e. The first-order chi connectivity index (χ1) is 19.7. The Morgan fingerprint density at radius 1 is 0.878 bits per heavy atom. The lowest BCUT2D eigenvalue weighted by Gasteiger charge is -2.17. The summed E-state index contributed by atoms with van der Waals surface area (Å²) in [5.41, 5.74) is 6.83. The summed E-state index contributed by atoms with van der Waals surface area (Å²) >= 11 is 0. The number of fused-ring (bicyclic) bond motifs is 1. The summed E-state index contributed by atoms with van der Waals surface area (Å²) in [6, 6.07) is 19.2. The number of hydrogen-bond donors (Lipinski definition) is 5. The van der Waals surface area contributed by atoms with Crippen molar-refractivity contribution in [3.8, 4) is 46.1 Å². The van der Waals surface area contributed by atoms with Gasteiger partial charge in [-0.25, -0.2) is 0 Å². The van der Waals surface area contributed by atoms with Gasteiger partial charge in [0.2, 0.25) is 0 Å². The molecule has 6 nitrogen and oxygen atoms in total. The first-order valence-electron chi connectivity index (χ1n) is 13.5. The van der Waals surface area contributed by atoms with E-state index in [1.807, 2.05) is 52.0 Å². The molecule has 6 heteroatoms. The molecule has 214 valence electrons. The maximum atomic E-state index is 10.5. The fourth-order valence-electron chi connectivity index (χ4n) is 4.26. The molecule has 0 radical (unpaired) electrons. The van der Waals surface area contributed by atoms with Gasteiger partial charge in [-0.1, -0.05) is 43.3 Å². The van der Waals surface area contributed by atoms with E-state index >= 15 is 0 Å². The van der Waals surface area contributed by atoms with Crippen LogP contribution in [0.4, 0.5) is 0 Å². The molecule has 0 bridgehead atoms. The van der Waals surface area contributed by atoms with E-state index < -0.39 is 0 Å². The van der Waals surface area contributed by atoms with Crippen molar-refractivity contribution in [3.05, 3.63) is 82.9 Å². The highest BCUT2D eigenvalue weighted by molar-refractivity contribution is 6.08. The van der Waals surface area contributed by atoms with Gasteiger partial charge in [0.15, 0.2) is 0 Å². The van der Waals surface area contributed by atoms with Gasteiger partial charge in [0, 0.05) is 30.2 Å². The molecule has 1 atom stereocenters. The van der Waals surface area contributed by atoms with Gasteiger partial charge in [0.1, 0.15) is 11.5 Å². The van der Waals surface area contributed by atoms with E-state index in [1.165, 1.54) is 0 Å². The summed E-state index contributed by atoms with van der Waals surface area (Å²) in [4.78, 5) is 4.32. The summed E-state index contributed by atoms with van der Waals surface area (Å²) < 4.78 is 0. The van der Waals surface area contributed by atoms with Crippen LogP contribution < -0.4 is 0 Å². The van der Waals surface area contributed by atoms with Crippen molar-refractivity contribution in [2.24, 2.45) is 4.99 Å². The van der Waals surface area contributed by atoms with Crippen LogP contribution in [0.5, 0.6) is 11.5 Å². The molecule has 0 aromatic heterocycles. The second-order valence-corrected chi connectivity index (χ2v) is 9.63. The Morgan fingerprint density at radius 2 is 1.34 bits per heavy atom. The van der Waals surface area contributed by atoms with Crippen LogP contribution in [0.25, 0.3) is 33.0 Å². The van der Waals surface area contributed by atoms with E-state index in [4.69, 9.17) is 10.5 Å². The molecule has 1 unspecified atom stereocenters. The molecule has 0 aliphatic heterocycles. The van der Waals surface area contributed by atoms with Gasteiger partial charge in [-0.3, -0.25) is 4.99 Å². The number of aromatic hydroxyl groups is 2. The van der Waals surface area contributed by atoms with Gasteiger partial charge in [-0.2, -0.15) is 0 Å². The second-order valence-electron chi connectivity index (χ2n) is 9.63. The Hall–Kier alpha value is -4.44. The first-order valence-corrected chi connectivity index (χ1v) is 13.5. The van der Waals surface area contributed by atoms with Crippen LogP contribution in [-0.4, -0.2) is 52.1 Å². The summed E-state index contributed by atoms with van der Waals surface area (Å²) in [5, 5.41) is 47.7.